The molecule has 2 aliphatic heterocycles. The highest BCUT2D eigenvalue weighted by Gasteiger charge is 2.30. The fraction of sp³-hybridized carbons (Fsp3) is 0.941. The molecule has 6 heteroatoms. The number of rotatable bonds is 6. The van der Waals surface area contributed by atoms with Crippen molar-refractivity contribution in [1.29, 1.82) is 0 Å². The Balaban J connectivity index is 0.00000264. The Morgan fingerprint density at radius 3 is 2.52 bits per heavy atom. The smallest absolute Gasteiger partial charge is 0.193 e. The Hall–Kier alpha value is -0.0800. The van der Waals surface area contributed by atoms with Crippen LogP contribution in [0.2, 0.25) is 0 Å². The summed E-state index contributed by atoms with van der Waals surface area (Å²) in [5.74, 6) is 1.11. The zero-order valence-corrected chi connectivity index (χ0v) is 17.5. The predicted octanol–water partition coefficient (Wildman–Crippen LogP) is 2.41. The summed E-state index contributed by atoms with van der Waals surface area (Å²) in [5.41, 5.74) is 0.423. The minimum atomic E-state index is 0. The van der Waals surface area contributed by atoms with Crippen molar-refractivity contribution in [2.24, 2.45) is 10.4 Å². The fourth-order valence-corrected chi connectivity index (χ4v) is 3.18. The molecule has 2 fully saturated rings. The number of hydrogen-bond acceptors (Lipinski definition) is 3. The summed E-state index contributed by atoms with van der Waals surface area (Å²) < 4.78 is 5.38. The summed E-state index contributed by atoms with van der Waals surface area (Å²) in [4.78, 5) is 9.76. The van der Waals surface area contributed by atoms with Gasteiger partial charge in [0, 0.05) is 39.3 Å². The van der Waals surface area contributed by atoms with E-state index < -0.39 is 0 Å². The van der Waals surface area contributed by atoms with Gasteiger partial charge in [-0.1, -0.05) is 13.8 Å². The predicted molar refractivity (Wildman–Crippen MR) is 108 cm³/mol. The van der Waals surface area contributed by atoms with Gasteiger partial charge >= 0.3 is 0 Å². The van der Waals surface area contributed by atoms with Crippen LogP contribution in [0, 0.1) is 5.41 Å². The zero-order chi connectivity index (χ0) is 15.8. The molecule has 0 aromatic heterocycles. The molecule has 0 aromatic carbocycles. The molecule has 0 unspecified atom stereocenters. The lowest BCUT2D eigenvalue weighted by atomic mass is 9.93. The number of hydrogen-bond donors (Lipinski definition) is 1. The summed E-state index contributed by atoms with van der Waals surface area (Å²) in [6.45, 7) is 16.1. The van der Waals surface area contributed by atoms with Crippen molar-refractivity contribution < 1.29 is 4.74 Å². The summed E-state index contributed by atoms with van der Waals surface area (Å²) in [6.07, 6.45) is 3.66. The quantitative estimate of drug-likeness (QED) is 0.299. The van der Waals surface area contributed by atoms with Crippen LogP contribution in [0.4, 0.5) is 0 Å². The Bertz CT molecular complexity index is 357. The minimum Gasteiger partial charge on any atom is -0.379 e. The normalized spacial score (nSPS) is 22.0. The van der Waals surface area contributed by atoms with E-state index in [1.807, 2.05) is 0 Å². The molecule has 0 saturated carbocycles. The van der Waals surface area contributed by atoms with Crippen molar-refractivity contribution in [3.63, 3.8) is 0 Å². The molecule has 0 amide bonds. The van der Waals surface area contributed by atoms with E-state index in [1.54, 1.807) is 0 Å². The summed E-state index contributed by atoms with van der Waals surface area (Å²) in [7, 11) is 0. The molecular formula is C17H35IN4O. The van der Waals surface area contributed by atoms with Crippen molar-refractivity contribution in [3.05, 3.63) is 0 Å². The van der Waals surface area contributed by atoms with Crippen LogP contribution in [0.15, 0.2) is 4.99 Å². The van der Waals surface area contributed by atoms with E-state index in [9.17, 15) is 0 Å². The van der Waals surface area contributed by atoms with E-state index in [0.29, 0.717) is 5.41 Å². The third kappa shape index (κ3) is 7.56. The lowest BCUT2D eigenvalue weighted by Gasteiger charge is -2.26. The van der Waals surface area contributed by atoms with Gasteiger partial charge in [0.2, 0.25) is 0 Å². The topological polar surface area (TPSA) is 40.1 Å². The average molecular weight is 438 g/mol. The van der Waals surface area contributed by atoms with Gasteiger partial charge in [-0.15, -0.1) is 24.0 Å². The van der Waals surface area contributed by atoms with Gasteiger partial charge in [0.05, 0.1) is 13.2 Å². The van der Waals surface area contributed by atoms with Crippen LogP contribution in [-0.2, 0) is 4.74 Å². The Morgan fingerprint density at radius 2 is 1.91 bits per heavy atom. The summed E-state index contributed by atoms with van der Waals surface area (Å²) in [5, 5.41) is 3.45. The Kier molecular flexibility index (Phi) is 9.77. The van der Waals surface area contributed by atoms with Crippen LogP contribution < -0.4 is 5.32 Å². The van der Waals surface area contributed by atoms with Crippen molar-refractivity contribution in [3.8, 4) is 0 Å². The maximum Gasteiger partial charge on any atom is 0.193 e. The third-order valence-corrected chi connectivity index (χ3v) is 4.56. The number of unbranched alkanes of at least 4 members (excludes halogenated alkanes) is 1. The highest BCUT2D eigenvalue weighted by atomic mass is 127. The van der Waals surface area contributed by atoms with Crippen LogP contribution in [0.5, 0.6) is 0 Å². The molecule has 0 aromatic rings. The molecule has 0 bridgehead atoms. The molecule has 2 saturated heterocycles. The number of morpholine rings is 1. The summed E-state index contributed by atoms with van der Waals surface area (Å²) >= 11 is 0. The van der Waals surface area contributed by atoms with E-state index in [0.717, 1.165) is 58.4 Å². The van der Waals surface area contributed by atoms with Crippen molar-refractivity contribution >= 4 is 29.9 Å². The lowest BCUT2D eigenvalue weighted by Crippen LogP contribution is -2.40. The number of ether oxygens (including phenoxy) is 1. The molecule has 2 rings (SSSR count). The van der Waals surface area contributed by atoms with E-state index >= 15 is 0 Å². The molecule has 2 heterocycles. The van der Waals surface area contributed by atoms with Gasteiger partial charge in [0.15, 0.2) is 5.96 Å². The Labute approximate surface area is 159 Å². The lowest BCUT2D eigenvalue weighted by molar-refractivity contribution is 0.0373. The first-order valence-electron chi connectivity index (χ1n) is 8.94. The van der Waals surface area contributed by atoms with Gasteiger partial charge in [-0.25, -0.2) is 0 Å². The number of aliphatic imine (C=N–C) groups is 1. The van der Waals surface area contributed by atoms with Crippen LogP contribution in [-0.4, -0.2) is 74.8 Å². The third-order valence-electron chi connectivity index (χ3n) is 4.56. The number of guanidine groups is 1. The number of nitrogens with one attached hydrogen (secondary N) is 1. The van der Waals surface area contributed by atoms with Crippen LogP contribution >= 0.6 is 24.0 Å². The van der Waals surface area contributed by atoms with E-state index in [-0.39, 0.29) is 24.0 Å². The van der Waals surface area contributed by atoms with Gasteiger partial charge in [-0.2, -0.15) is 0 Å². The van der Waals surface area contributed by atoms with Crippen molar-refractivity contribution in [2.75, 3.05) is 59.0 Å². The van der Waals surface area contributed by atoms with Gasteiger partial charge in [-0.3, -0.25) is 9.89 Å². The van der Waals surface area contributed by atoms with Gasteiger partial charge in [-0.05, 0) is 38.1 Å². The van der Waals surface area contributed by atoms with Gasteiger partial charge in [0.1, 0.15) is 0 Å². The largest absolute Gasteiger partial charge is 0.379 e. The molecule has 2 aliphatic rings. The second-order valence-electron chi connectivity index (χ2n) is 7.23. The molecular weight excluding hydrogens is 403 g/mol. The molecule has 0 atom stereocenters. The standard InChI is InChI=1S/C17H34N4O.HI/c1-4-18-16(21-10-7-17(2,3)15-21)19-8-5-6-9-20-11-13-22-14-12-20;/h4-15H2,1-3H3,(H,18,19);1H. The average Bonchev–Trinajstić information content (AvgIpc) is 2.87. The van der Waals surface area contributed by atoms with Crippen LogP contribution in [0.3, 0.4) is 0 Å². The van der Waals surface area contributed by atoms with Crippen LogP contribution in [0.25, 0.3) is 0 Å². The van der Waals surface area contributed by atoms with Crippen LogP contribution in [0.1, 0.15) is 40.0 Å². The van der Waals surface area contributed by atoms with Gasteiger partial charge in [0.25, 0.3) is 0 Å². The first kappa shape index (κ1) is 21.0. The van der Waals surface area contributed by atoms with Crippen molar-refractivity contribution in [1.82, 2.24) is 15.1 Å². The zero-order valence-electron chi connectivity index (χ0n) is 15.1. The highest BCUT2D eigenvalue weighted by molar-refractivity contribution is 14.0. The van der Waals surface area contributed by atoms with Crippen molar-refractivity contribution in [2.45, 2.75) is 40.0 Å². The summed E-state index contributed by atoms with van der Waals surface area (Å²) in [6, 6.07) is 0. The molecule has 23 heavy (non-hydrogen) atoms. The number of nitrogens with zero attached hydrogens (tertiary/aromatic N) is 3. The van der Waals surface area contributed by atoms with E-state index in [1.165, 1.54) is 25.8 Å². The fourth-order valence-electron chi connectivity index (χ4n) is 3.18. The SMILES string of the molecule is CCNC(=NCCCCN1CCOCC1)N1CCC(C)(C)C1.I. The molecule has 136 valence electrons. The molecule has 1 N–H and O–H groups in total. The Morgan fingerprint density at radius 1 is 1.17 bits per heavy atom. The second kappa shape index (κ2) is 10.7. The minimum absolute atomic E-state index is 0. The second-order valence-corrected chi connectivity index (χ2v) is 7.23. The molecule has 5 nitrogen and oxygen atoms in total. The number of likely N-dealkylation sites (tertiary alicyclic amines) is 1. The van der Waals surface area contributed by atoms with E-state index in [4.69, 9.17) is 9.73 Å². The first-order valence-corrected chi connectivity index (χ1v) is 8.94. The molecule has 0 spiro atoms. The number of halogens is 1. The first-order chi connectivity index (χ1) is 10.6. The van der Waals surface area contributed by atoms with E-state index in [2.05, 4.69) is 35.9 Å². The molecule has 0 aliphatic carbocycles. The maximum atomic E-state index is 5.38. The highest BCUT2D eigenvalue weighted by Crippen LogP contribution is 2.28. The van der Waals surface area contributed by atoms with Gasteiger partial charge < -0.3 is 15.0 Å². The monoisotopic (exact) mass is 438 g/mol. The molecule has 0 radical (unpaired) electrons. The maximum absolute atomic E-state index is 5.38.